The minimum Gasteiger partial charge on any atom is -0.490 e. The van der Waals surface area contributed by atoms with Gasteiger partial charge in [0.25, 0.3) is 0 Å². The lowest BCUT2D eigenvalue weighted by molar-refractivity contribution is 0.210. The van der Waals surface area contributed by atoms with Crippen molar-refractivity contribution in [2.75, 3.05) is 19.8 Å². The molecule has 0 bridgehead atoms. The maximum absolute atomic E-state index is 5.52. The summed E-state index contributed by atoms with van der Waals surface area (Å²) >= 11 is 0. The van der Waals surface area contributed by atoms with E-state index in [0.29, 0.717) is 19.1 Å². The van der Waals surface area contributed by atoms with E-state index in [1.807, 2.05) is 42.5 Å². The Morgan fingerprint density at radius 2 is 1.75 bits per heavy atom. The van der Waals surface area contributed by atoms with Gasteiger partial charge in [-0.05, 0) is 24.7 Å². The topological polar surface area (TPSA) is 56.3 Å². The number of nitrogens with zero attached hydrogens (tertiary/aromatic N) is 2. The Morgan fingerprint density at radius 1 is 0.950 bits per heavy atom. The van der Waals surface area contributed by atoms with Gasteiger partial charge in [0.2, 0.25) is 5.88 Å². The first kappa shape index (κ1) is 14.3. The molecule has 2 rings (SSSR count). The SMILES string of the molecule is CCNCc1ccc(OCCOc2ccccc2)nn1. The molecule has 0 saturated heterocycles. The fraction of sp³-hybridized carbons (Fsp3) is 0.333. The van der Waals surface area contributed by atoms with Crippen LogP contribution in [0.1, 0.15) is 12.6 Å². The third-order valence-electron chi connectivity index (χ3n) is 2.60. The Balaban J connectivity index is 1.69. The maximum Gasteiger partial charge on any atom is 0.233 e. The highest BCUT2D eigenvalue weighted by molar-refractivity contribution is 5.20. The van der Waals surface area contributed by atoms with Crippen LogP contribution >= 0.6 is 0 Å². The molecule has 0 fully saturated rings. The molecule has 0 amide bonds. The predicted molar refractivity (Wildman–Crippen MR) is 76.8 cm³/mol. The molecule has 1 aromatic carbocycles. The maximum atomic E-state index is 5.52. The molecule has 0 atom stereocenters. The molecule has 1 N–H and O–H groups in total. The third-order valence-corrected chi connectivity index (χ3v) is 2.60. The van der Waals surface area contributed by atoms with Crippen LogP contribution in [0.4, 0.5) is 0 Å². The molecule has 0 aliphatic heterocycles. The second-order valence-corrected chi connectivity index (χ2v) is 4.15. The first-order valence-electron chi connectivity index (χ1n) is 6.72. The number of ether oxygens (including phenoxy) is 2. The van der Waals surface area contributed by atoms with E-state index in [2.05, 4.69) is 22.4 Å². The molecule has 106 valence electrons. The largest absolute Gasteiger partial charge is 0.490 e. The number of rotatable bonds is 8. The smallest absolute Gasteiger partial charge is 0.233 e. The molecule has 0 saturated carbocycles. The second kappa shape index (κ2) is 8.12. The van der Waals surface area contributed by atoms with Gasteiger partial charge in [0.05, 0.1) is 5.69 Å². The fourth-order valence-corrected chi connectivity index (χ4v) is 1.59. The molecule has 0 aliphatic rings. The monoisotopic (exact) mass is 273 g/mol. The summed E-state index contributed by atoms with van der Waals surface area (Å²) < 4.78 is 11.0. The van der Waals surface area contributed by atoms with Gasteiger partial charge in [-0.25, -0.2) is 0 Å². The van der Waals surface area contributed by atoms with Crippen molar-refractivity contribution in [1.82, 2.24) is 15.5 Å². The Labute approximate surface area is 118 Å². The van der Waals surface area contributed by atoms with Gasteiger partial charge in [0.15, 0.2) is 0 Å². The van der Waals surface area contributed by atoms with Crippen molar-refractivity contribution in [3.05, 3.63) is 48.2 Å². The van der Waals surface area contributed by atoms with Crippen molar-refractivity contribution in [2.45, 2.75) is 13.5 Å². The lowest BCUT2D eigenvalue weighted by Gasteiger charge is -2.07. The van der Waals surface area contributed by atoms with Gasteiger partial charge < -0.3 is 14.8 Å². The van der Waals surface area contributed by atoms with Gasteiger partial charge in [-0.2, -0.15) is 5.10 Å². The lowest BCUT2D eigenvalue weighted by atomic mass is 10.3. The summed E-state index contributed by atoms with van der Waals surface area (Å²) in [5.74, 6) is 1.35. The summed E-state index contributed by atoms with van der Waals surface area (Å²) in [6.45, 7) is 4.61. The molecular formula is C15H19N3O2. The van der Waals surface area contributed by atoms with Gasteiger partial charge in [-0.3, -0.25) is 0 Å². The third kappa shape index (κ3) is 4.85. The summed E-state index contributed by atoms with van der Waals surface area (Å²) in [6.07, 6.45) is 0. The number of nitrogens with one attached hydrogen (secondary N) is 1. The van der Waals surface area contributed by atoms with Crippen LogP contribution in [0.2, 0.25) is 0 Å². The van der Waals surface area contributed by atoms with E-state index in [1.54, 1.807) is 0 Å². The minimum atomic E-state index is 0.441. The molecule has 0 spiro atoms. The molecule has 0 unspecified atom stereocenters. The van der Waals surface area contributed by atoms with E-state index < -0.39 is 0 Å². The summed E-state index contributed by atoms with van der Waals surface area (Å²) in [5.41, 5.74) is 0.903. The normalized spacial score (nSPS) is 10.2. The van der Waals surface area contributed by atoms with E-state index in [0.717, 1.165) is 24.5 Å². The standard InChI is InChI=1S/C15H19N3O2/c1-2-16-12-13-8-9-15(18-17-13)20-11-10-19-14-6-4-3-5-7-14/h3-9,16H,2,10-12H2,1H3. The molecule has 2 aromatic rings. The van der Waals surface area contributed by atoms with E-state index in [4.69, 9.17) is 9.47 Å². The van der Waals surface area contributed by atoms with Gasteiger partial charge in [0.1, 0.15) is 19.0 Å². The molecule has 5 heteroatoms. The number of benzene rings is 1. The van der Waals surface area contributed by atoms with Gasteiger partial charge in [-0.1, -0.05) is 25.1 Å². The van der Waals surface area contributed by atoms with Crippen LogP contribution in [-0.2, 0) is 6.54 Å². The first-order valence-corrected chi connectivity index (χ1v) is 6.72. The van der Waals surface area contributed by atoms with Crippen molar-refractivity contribution in [2.24, 2.45) is 0 Å². The average Bonchev–Trinajstić information content (AvgIpc) is 2.52. The second-order valence-electron chi connectivity index (χ2n) is 4.15. The Kier molecular flexibility index (Phi) is 5.79. The molecule has 1 aromatic heterocycles. The van der Waals surface area contributed by atoms with Gasteiger partial charge in [0, 0.05) is 12.6 Å². The van der Waals surface area contributed by atoms with Crippen molar-refractivity contribution in [3.63, 3.8) is 0 Å². The summed E-state index contributed by atoms with van der Waals surface area (Å²) in [4.78, 5) is 0. The summed E-state index contributed by atoms with van der Waals surface area (Å²) in [7, 11) is 0. The Hall–Kier alpha value is -2.14. The predicted octanol–water partition coefficient (Wildman–Crippen LogP) is 2.04. The molecule has 0 radical (unpaired) electrons. The molecule has 20 heavy (non-hydrogen) atoms. The quantitative estimate of drug-likeness (QED) is 0.746. The number of para-hydroxylation sites is 1. The van der Waals surface area contributed by atoms with E-state index >= 15 is 0 Å². The van der Waals surface area contributed by atoms with Crippen LogP contribution < -0.4 is 14.8 Å². The zero-order chi connectivity index (χ0) is 14.0. The highest BCUT2D eigenvalue weighted by Crippen LogP contribution is 2.08. The van der Waals surface area contributed by atoms with Gasteiger partial charge in [-0.15, -0.1) is 5.10 Å². The van der Waals surface area contributed by atoms with Crippen molar-refractivity contribution in [3.8, 4) is 11.6 Å². The highest BCUT2D eigenvalue weighted by atomic mass is 16.5. The Morgan fingerprint density at radius 3 is 2.45 bits per heavy atom. The van der Waals surface area contributed by atoms with Crippen molar-refractivity contribution < 1.29 is 9.47 Å². The average molecular weight is 273 g/mol. The Bertz CT molecular complexity index is 488. The zero-order valence-corrected chi connectivity index (χ0v) is 11.6. The number of aromatic nitrogens is 2. The van der Waals surface area contributed by atoms with Crippen LogP contribution in [0, 0.1) is 0 Å². The van der Waals surface area contributed by atoms with Crippen molar-refractivity contribution in [1.29, 1.82) is 0 Å². The van der Waals surface area contributed by atoms with Gasteiger partial charge >= 0.3 is 0 Å². The fourth-order valence-electron chi connectivity index (χ4n) is 1.59. The number of hydrogen-bond acceptors (Lipinski definition) is 5. The number of hydrogen-bond donors (Lipinski definition) is 1. The van der Waals surface area contributed by atoms with Crippen LogP contribution in [0.25, 0.3) is 0 Å². The van der Waals surface area contributed by atoms with Crippen LogP contribution in [0.3, 0.4) is 0 Å². The van der Waals surface area contributed by atoms with Crippen LogP contribution in [0.5, 0.6) is 11.6 Å². The van der Waals surface area contributed by atoms with E-state index in [-0.39, 0.29) is 0 Å². The first-order chi connectivity index (χ1) is 9.88. The van der Waals surface area contributed by atoms with Crippen LogP contribution in [-0.4, -0.2) is 30.0 Å². The molecular weight excluding hydrogens is 254 g/mol. The molecule has 1 heterocycles. The molecule has 5 nitrogen and oxygen atoms in total. The summed E-state index contributed by atoms with van der Waals surface area (Å²) in [5, 5.41) is 11.3. The van der Waals surface area contributed by atoms with Crippen molar-refractivity contribution >= 4 is 0 Å². The summed E-state index contributed by atoms with van der Waals surface area (Å²) in [6, 6.07) is 13.4. The zero-order valence-electron chi connectivity index (χ0n) is 11.6. The van der Waals surface area contributed by atoms with E-state index in [9.17, 15) is 0 Å². The highest BCUT2D eigenvalue weighted by Gasteiger charge is 1.99. The molecule has 0 aliphatic carbocycles. The lowest BCUT2D eigenvalue weighted by Crippen LogP contribution is -2.14. The van der Waals surface area contributed by atoms with Crippen LogP contribution in [0.15, 0.2) is 42.5 Å². The van der Waals surface area contributed by atoms with E-state index in [1.165, 1.54) is 0 Å². The minimum absolute atomic E-state index is 0.441.